The summed E-state index contributed by atoms with van der Waals surface area (Å²) in [5.74, 6) is 1.83. The molecule has 1 saturated heterocycles. The van der Waals surface area contributed by atoms with E-state index in [1.54, 1.807) is 7.11 Å². The second kappa shape index (κ2) is 10.9. The lowest BCUT2D eigenvalue weighted by Gasteiger charge is -2.15. The predicted octanol–water partition coefficient (Wildman–Crippen LogP) is 2.28. The van der Waals surface area contributed by atoms with Crippen LogP contribution in [0.15, 0.2) is 29.3 Å². The molecule has 5 heteroatoms. The lowest BCUT2D eigenvalue weighted by atomic mass is 10.1. The van der Waals surface area contributed by atoms with E-state index in [0.29, 0.717) is 0 Å². The first kappa shape index (κ1) is 18.6. The SMILES string of the molecule is CN=C(NCCCCN1CCCC1)NCCc1ccccc1OC. The maximum atomic E-state index is 5.39. The Morgan fingerprint density at radius 1 is 1.12 bits per heavy atom. The number of para-hydroxylation sites is 1. The molecule has 0 saturated carbocycles. The molecule has 2 rings (SSSR count). The number of methoxy groups -OCH3 is 1. The number of aliphatic imine (C=N–C) groups is 1. The van der Waals surface area contributed by atoms with Crippen molar-refractivity contribution in [2.45, 2.75) is 32.1 Å². The molecule has 0 spiro atoms. The minimum absolute atomic E-state index is 0.841. The molecule has 0 unspecified atom stereocenters. The number of hydrogen-bond acceptors (Lipinski definition) is 3. The van der Waals surface area contributed by atoms with Gasteiger partial charge in [-0.2, -0.15) is 0 Å². The molecule has 1 aliphatic rings. The monoisotopic (exact) mass is 332 g/mol. The molecule has 1 aromatic carbocycles. The first-order chi connectivity index (χ1) is 11.8. The first-order valence-electron chi connectivity index (χ1n) is 9.12. The Morgan fingerprint density at radius 2 is 1.88 bits per heavy atom. The van der Waals surface area contributed by atoms with Crippen LogP contribution in [0.5, 0.6) is 5.75 Å². The van der Waals surface area contributed by atoms with Gasteiger partial charge >= 0.3 is 0 Å². The smallest absolute Gasteiger partial charge is 0.190 e. The van der Waals surface area contributed by atoms with Crippen LogP contribution in [-0.4, -0.2) is 57.7 Å². The second-order valence-electron chi connectivity index (χ2n) is 6.24. The summed E-state index contributed by atoms with van der Waals surface area (Å²) in [5, 5.41) is 6.77. The van der Waals surface area contributed by atoms with Gasteiger partial charge in [-0.05, 0) is 63.4 Å². The van der Waals surface area contributed by atoms with Gasteiger partial charge in [0.25, 0.3) is 0 Å². The van der Waals surface area contributed by atoms with E-state index in [4.69, 9.17) is 4.74 Å². The molecular weight excluding hydrogens is 300 g/mol. The third-order valence-corrected chi connectivity index (χ3v) is 4.50. The maximum absolute atomic E-state index is 5.39. The largest absolute Gasteiger partial charge is 0.496 e. The molecule has 2 N–H and O–H groups in total. The van der Waals surface area contributed by atoms with Crippen LogP contribution in [-0.2, 0) is 6.42 Å². The normalized spacial score (nSPS) is 15.5. The highest BCUT2D eigenvalue weighted by Crippen LogP contribution is 2.17. The zero-order valence-corrected chi connectivity index (χ0v) is 15.2. The van der Waals surface area contributed by atoms with Gasteiger partial charge in [0.1, 0.15) is 5.75 Å². The van der Waals surface area contributed by atoms with Crippen molar-refractivity contribution in [3.8, 4) is 5.75 Å². The van der Waals surface area contributed by atoms with Crippen LogP contribution in [0.1, 0.15) is 31.2 Å². The summed E-state index contributed by atoms with van der Waals surface area (Å²) in [6.45, 7) is 5.64. The quantitative estimate of drug-likeness (QED) is 0.414. The molecule has 134 valence electrons. The standard InChI is InChI=1S/C19H32N4O/c1-20-19(21-12-5-6-14-23-15-7-8-16-23)22-13-11-17-9-3-4-10-18(17)24-2/h3-4,9-10H,5-8,11-16H2,1-2H3,(H2,20,21,22). The summed E-state index contributed by atoms with van der Waals surface area (Å²) in [5.41, 5.74) is 1.22. The van der Waals surface area contributed by atoms with Crippen LogP contribution < -0.4 is 15.4 Å². The van der Waals surface area contributed by atoms with Crippen molar-refractivity contribution in [1.29, 1.82) is 0 Å². The van der Waals surface area contributed by atoms with Gasteiger partial charge in [0, 0.05) is 20.1 Å². The molecule has 1 aliphatic heterocycles. The van der Waals surface area contributed by atoms with Crippen molar-refractivity contribution in [3.63, 3.8) is 0 Å². The molecule has 1 aromatic rings. The number of unbranched alkanes of at least 4 members (excludes halogenated alkanes) is 1. The molecule has 0 aliphatic carbocycles. The lowest BCUT2D eigenvalue weighted by Crippen LogP contribution is -2.38. The van der Waals surface area contributed by atoms with E-state index in [2.05, 4.69) is 26.6 Å². The van der Waals surface area contributed by atoms with Gasteiger partial charge in [0.05, 0.1) is 7.11 Å². The number of ether oxygens (including phenoxy) is 1. The molecule has 0 amide bonds. The van der Waals surface area contributed by atoms with Gasteiger partial charge in [-0.25, -0.2) is 0 Å². The fourth-order valence-electron chi connectivity index (χ4n) is 3.12. The number of hydrogen-bond donors (Lipinski definition) is 2. The Hall–Kier alpha value is -1.75. The average molecular weight is 332 g/mol. The molecule has 0 bridgehead atoms. The van der Waals surface area contributed by atoms with E-state index in [0.717, 1.165) is 31.2 Å². The summed E-state index contributed by atoms with van der Waals surface area (Å²) >= 11 is 0. The lowest BCUT2D eigenvalue weighted by molar-refractivity contribution is 0.330. The van der Waals surface area contributed by atoms with Crippen LogP contribution in [0, 0.1) is 0 Å². The summed E-state index contributed by atoms with van der Waals surface area (Å²) in [6.07, 6.45) is 6.11. The molecule has 1 heterocycles. The fourth-order valence-corrected chi connectivity index (χ4v) is 3.12. The number of rotatable bonds is 9. The molecule has 1 fully saturated rings. The van der Waals surface area contributed by atoms with E-state index in [1.165, 1.54) is 50.9 Å². The first-order valence-corrected chi connectivity index (χ1v) is 9.12. The summed E-state index contributed by atoms with van der Waals surface area (Å²) < 4.78 is 5.39. The van der Waals surface area contributed by atoms with Gasteiger partial charge in [0.15, 0.2) is 5.96 Å². The van der Waals surface area contributed by atoms with E-state index in [-0.39, 0.29) is 0 Å². The summed E-state index contributed by atoms with van der Waals surface area (Å²) in [6, 6.07) is 8.15. The van der Waals surface area contributed by atoms with Gasteiger partial charge in [-0.15, -0.1) is 0 Å². The van der Waals surface area contributed by atoms with Crippen molar-refractivity contribution >= 4 is 5.96 Å². The van der Waals surface area contributed by atoms with E-state index < -0.39 is 0 Å². The second-order valence-corrected chi connectivity index (χ2v) is 6.24. The fraction of sp³-hybridized carbons (Fsp3) is 0.632. The molecular formula is C19H32N4O. The predicted molar refractivity (Wildman–Crippen MR) is 101 cm³/mol. The van der Waals surface area contributed by atoms with Crippen LogP contribution in [0.4, 0.5) is 0 Å². The molecule has 5 nitrogen and oxygen atoms in total. The van der Waals surface area contributed by atoms with Crippen molar-refractivity contribution in [1.82, 2.24) is 15.5 Å². The minimum Gasteiger partial charge on any atom is -0.496 e. The highest BCUT2D eigenvalue weighted by atomic mass is 16.5. The van der Waals surface area contributed by atoms with Crippen LogP contribution in [0.3, 0.4) is 0 Å². The summed E-state index contributed by atoms with van der Waals surface area (Å²) in [4.78, 5) is 6.86. The van der Waals surface area contributed by atoms with Crippen molar-refractivity contribution in [3.05, 3.63) is 29.8 Å². The van der Waals surface area contributed by atoms with Crippen LogP contribution >= 0.6 is 0 Å². The van der Waals surface area contributed by atoms with E-state index in [1.807, 2.05) is 25.2 Å². The minimum atomic E-state index is 0.841. The zero-order valence-electron chi connectivity index (χ0n) is 15.2. The van der Waals surface area contributed by atoms with Gasteiger partial charge in [-0.3, -0.25) is 4.99 Å². The summed E-state index contributed by atoms with van der Waals surface area (Å²) in [7, 11) is 3.54. The van der Waals surface area contributed by atoms with Gasteiger partial charge in [0.2, 0.25) is 0 Å². The Kier molecular flexibility index (Phi) is 8.46. The zero-order chi connectivity index (χ0) is 17.0. The highest BCUT2D eigenvalue weighted by molar-refractivity contribution is 5.79. The molecule has 24 heavy (non-hydrogen) atoms. The molecule has 0 aromatic heterocycles. The maximum Gasteiger partial charge on any atom is 0.190 e. The number of guanidine groups is 1. The Labute approximate surface area is 146 Å². The highest BCUT2D eigenvalue weighted by Gasteiger charge is 2.10. The third-order valence-electron chi connectivity index (χ3n) is 4.50. The number of nitrogens with zero attached hydrogens (tertiary/aromatic N) is 2. The van der Waals surface area contributed by atoms with Crippen molar-refractivity contribution in [2.75, 3.05) is 46.9 Å². The van der Waals surface area contributed by atoms with Gasteiger partial charge in [-0.1, -0.05) is 18.2 Å². The number of likely N-dealkylation sites (tertiary alicyclic amines) is 1. The van der Waals surface area contributed by atoms with Crippen LogP contribution in [0.25, 0.3) is 0 Å². The molecule has 0 radical (unpaired) electrons. The van der Waals surface area contributed by atoms with Gasteiger partial charge < -0.3 is 20.3 Å². The molecule has 0 atom stereocenters. The van der Waals surface area contributed by atoms with E-state index >= 15 is 0 Å². The van der Waals surface area contributed by atoms with Crippen molar-refractivity contribution in [2.24, 2.45) is 4.99 Å². The average Bonchev–Trinajstić information content (AvgIpc) is 3.13. The van der Waals surface area contributed by atoms with Crippen molar-refractivity contribution < 1.29 is 4.74 Å². The number of benzene rings is 1. The van der Waals surface area contributed by atoms with E-state index in [9.17, 15) is 0 Å². The Bertz CT molecular complexity index is 498. The topological polar surface area (TPSA) is 48.9 Å². The number of nitrogens with one attached hydrogen (secondary N) is 2. The third kappa shape index (κ3) is 6.40. The van der Waals surface area contributed by atoms with Crippen LogP contribution in [0.2, 0.25) is 0 Å². The Balaban J connectivity index is 1.58. The Morgan fingerprint density at radius 3 is 2.62 bits per heavy atom.